The average Bonchev–Trinajstić information content (AvgIpc) is 2.39. The SMILES string of the molecule is CC(C)CNC(=O)CNCC(O)c1cc(Cl)ccc1Cl. The van der Waals surface area contributed by atoms with E-state index in [4.69, 9.17) is 23.2 Å². The van der Waals surface area contributed by atoms with E-state index in [1.807, 2.05) is 13.8 Å². The first-order valence-electron chi connectivity index (χ1n) is 6.50. The van der Waals surface area contributed by atoms with Gasteiger partial charge < -0.3 is 15.7 Å². The molecular formula is C14H20Cl2N2O2. The quantitative estimate of drug-likeness (QED) is 0.723. The number of amides is 1. The van der Waals surface area contributed by atoms with Crippen LogP contribution >= 0.6 is 23.2 Å². The van der Waals surface area contributed by atoms with Crippen LogP contribution < -0.4 is 10.6 Å². The van der Waals surface area contributed by atoms with E-state index >= 15 is 0 Å². The highest BCUT2D eigenvalue weighted by Gasteiger charge is 2.12. The molecule has 0 radical (unpaired) electrons. The summed E-state index contributed by atoms with van der Waals surface area (Å²) in [6.45, 7) is 5.08. The summed E-state index contributed by atoms with van der Waals surface area (Å²) in [6.07, 6.45) is -0.806. The van der Waals surface area contributed by atoms with Crippen LogP contribution in [0.3, 0.4) is 0 Å². The number of aliphatic hydroxyl groups excluding tert-OH is 1. The zero-order chi connectivity index (χ0) is 15.1. The highest BCUT2D eigenvalue weighted by molar-refractivity contribution is 6.33. The lowest BCUT2D eigenvalue weighted by Gasteiger charge is -2.14. The Hall–Kier alpha value is -0.810. The molecule has 0 bridgehead atoms. The standard InChI is InChI=1S/C14H20Cl2N2O2/c1-9(2)6-18-14(20)8-17-7-13(19)11-5-10(15)3-4-12(11)16/h3-5,9,13,17,19H,6-8H2,1-2H3,(H,18,20). The smallest absolute Gasteiger partial charge is 0.233 e. The maximum absolute atomic E-state index is 11.5. The summed E-state index contributed by atoms with van der Waals surface area (Å²) in [5.74, 6) is 0.317. The Morgan fingerprint density at radius 1 is 1.30 bits per heavy atom. The van der Waals surface area contributed by atoms with Gasteiger partial charge in [0.2, 0.25) is 5.91 Å². The minimum atomic E-state index is -0.806. The fourth-order valence-corrected chi connectivity index (χ4v) is 2.01. The van der Waals surface area contributed by atoms with Crippen molar-refractivity contribution in [1.82, 2.24) is 10.6 Å². The van der Waals surface area contributed by atoms with Gasteiger partial charge in [0, 0.05) is 28.7 Å². The summed E-state index contributed by atoms with van der Waals surface area (Å²) >= 11 is 11.9. The van der Waals surface area contributed by atoms with E-state index in [-0.39, 0.29) is 19.0 Å². The number of carbonyl (C=O) groups excluding carboxylic acids is 1. The van der Waals surface area contributed by atoms with Crippen LogP contribution in [0.15, 0.2) is 18.2 Å². The number of halogens is 2. The molecule has 0 spiro atoms. The van der Waals surface area contributed by atoms with Crippen molar-refractivity contribution < 1.29 is 9.90 Å². The Kier molecular flexibility index (Phi) is 7.30. The Morgan fingerprint density at radius 2 is 2.00 bits per heavy atom. The number of hydrogen-bond donors (Lipinski definition) is 3. The number of aliphatic hydroxyl groups is 1. The lowest BCUT2D eigenvalue weighted by atomic mass is 10.1. The number of nitrogens with one attached hydrogen (secondary N) is 2. The van der Waals surface area contributed by atoms with Gasteiger partial charge in [0.05, 0.1) is 12.6 Å². The second-order valence-electron chi connectivity index (χ2n) is 5.01. The van der Waals surface area contributed by atoms with Gasteiger partial charge >= 0.3 is 0 Å². The molecule has 6 heteroatoms. The Balaban J connectivity index is 2.38. The van der Waals surface area contributed by atoms with Crippen molar-refractivity contribution in [3.05, 3.63) is 33.8 Å². The lowest BCUT2D eigenvalue weighted by Crippen LogP contribution is -2.37. The number of benzene rings is 1. The molecule has 1 amide bonds. The molecule has 1 aromatic rings. The third-order valence-electron chi connectivity index (χ3n) is 2.65. The molecule has 1 rings (SSSR count). The van der Waals surface area contributed by atoms with Gasteiger partial charge in [-0.2, -0.15) is 0 Å². The lowest BCUT2D eigenvalue weighted by molar-refractivity contribution is -0.120. The van der Waals surface area contributed by atoms with E-state index in [1.165, 1.54) is 0 Å². The van der Waals surface area contributed by atoms with E-state index in [0.29, 0.717) is 28.1 Å². The Bertz CT molecular complexity index is 453. The predicted octanol–water partition coefficient (Wildman–Crippen LogP) is 2.39. The molecule has 0 aliphatic carbocycles. The molecule has 0 fully saturated rings. The van der Waals surface area contributed by atoms with E-state index in [0.717, 1.165) is 0 Å². The summed E-state index contributed by atoms with van der Waals surface area (Å²) in [6, 6.07) is 4.92. The minimum absolute atomic E-state index is 0.0944. The van der Waals surface area contributed by atoms with Crippen molar-refractivity contribution in [3.63, 3.8) is 0 Å². The fourth-order valence-electron chi connectivity index (χ4n) is 1.58. The first-order chi connectivity index (χ1) is 9.40. The fraction of sp³-hybridized carbons (Fsp3) is 0.500. The van der Waals surface area contributed by atoms with Crippen LogP contribution in [-0.2, 0) is 4.79 Å². The second-order valence-corrected chi connectivity index (χ2v) is 5.85. The number of hydrogen-bond acceptors (Lipinski definition) is 3. The first kappa shape index (κ1) is 17.2. The van der Waals surface area contributed by atoms with E-state index in [2.05, 4.69) is 10.6 Å². The topological polar surface area (TPSA) is 61.4 Å². The Labute approximate surface area is 129 Å². The zero-order valence-electron chi connectivity index (χ0n) is 11.6. The molecule has 1 unspecified atom stereocenters. The molecular weight excluding hydrogens is 299 g/mol. The van der Waals surface area contributed by atoms with Crippen LogP contribution in [0, 0.1) is 5.92 Å². The molecule has 0 aliphatic rings. The van der Waals surface area contributed by atoms with Crippen LogP contribution in [0.1, 0.15) is 25.5 Å². The van der Waals surface area contributed by atoms with Gasteiger partial charge in [-0.15, -0.1) is 0 Å². The summed E-state index contributed by atoms with van der Waals surface area (Å²) in [7, 11) is 0. The molecule has 0 heterocycles. The third kappa shape index (κ3) is 6.09. The van der Waals surface area contributed by atoms with Crippen LogP contribution in [0.2, 0.25) is 10.0 Å². The maximum atomic E-state index is 11.5. The van der Waals surface area contributed by atoms with Crippen molar-refractivity contribution in [2.45, 2.75) is 20.0 Å². The van der Waals surface area contributed by atoms with Crippen molar-refractivity contribution in [1.29, 1.82) is 0 Å². The van der Waals surface area contributed by atoms with Crippen LogP contribution in [0.5, 0.6) is 0 Å². The van der Waals surface area contributed by atoms with Gasteiger partial charge in [0.1, 0.15) is 0 Å². The second kappa shape index (κ2) is 8.47. The van der Waals surface area contributed by atoms with Crippen LogP contribution in [-0.4, -0.2) is 30.6 Å². The van der Waals surface area contributed by atoms with Gasteiger partial charge in [0.15, 0.2) is 0 Å². The van der Waals surface area contributed by atoms with Crippen molar-refractivity contribution in [2.75, 3.05) is 19.6 Å². The van der Waals surface area contributed by atoms with E-state index in [1.54, 1.807) is 18.2 Å². The summed E-state index contributed by atoms with van der Waals surface area (Å²) in [5.41, 5.74) is 0.550. The largest absolute Gasteiger partial charge is 0.387 e. The first-order valence-corrected chi connectivity index (χ1v) is 7.26. The minimum Gasteiger partial charge on any atom is -0.387 e. The average molecular weight is 319 g/mol. The van der Waals surface area contributed by atoms with Gasteiger partial charge in [0.25, 0.3) is 0 Å². The van der Waals surface area contributed by atoms with E-state index < -0.39 is 6.10 Å². The van der Waals surface area contributed by atoms with Crippen LogP contribution in [0.4, 0.5) is 0 Å². The van der Waals surface area contributed by atoms with Crippen molar-refractivity contribution in [3.8, 4) is 0 Å². The highest BCUT2D eigenvalue weighted by atomic mass is 35.5. The monoisotopic (exact) mass is 318 g/mol. The molecule has 4 nitrogen and oxygen atoms in total. The Morgan fingerprint density at radius 3 is 2.65 bits per heavy atom. The molecule has 1 atom stereocenters. The summed E-state index contributed by atoms with van der Waals surface area (Å²) < 4.78 is 0. The predicted molar refractivity (Wildman–Crippen MR) is 82.1 cm³/mol. The zero-order valence-corrected chi connectivity index (χ0v) is 13.1. The third-order valence-corrected chi connectivity index (χ3v) is 3.23. The number of rotatable bonds is 7. The molecule has 0 aliphatic heterocycles. The maximum Gasteiger partial charge on any atom is 0.233 e. The molecule has 112 valence electrons. The van der Waals surface area contributed by atoms with Crippen molar-refractivity contribution >= 4 is 29.1 Å². The van der Waals surface area contributed by atoms with Gasteiger partial charge in [-0.25, -0.2) is 0 Å². The van der Waals surface area contributed by atoms with Gasteiger partial charge in [-0.3, -0.25) is 4.79 Å². The van der Waals surface area contributed by atoms with Gasteiger partial charge in [-0.1, -0.05) is 37.0 Å². The van der Waals surface area contributed by atoms with E-state index in [9.17, 15) is 9.90 Å². The summed E-state index contributed by atoms with van der Waals surface area (Å²) in [5, 5.41) is 16.7. The number of carbonyl (C=O) groups is 1. The highest BCUT2D eigenvalue weighted by Crippen LogP contribution is 2.25. The molecule has 1 aromatic carbocycles. The molecule has 3 N–H and O–H groups in total. The molecule has 0 aromatic heterocycles. The normalized spacial score (nSPS) is 12.5. The molecule has 20 heavy (non-hydrogen) atoms. The van der Waals surface area contributed by atoms with Crippen molar-refractivity contribution in [2.24, 2.45) is 5.92 Å². The molecule has 0 saturated carbocycles. The van der Waals surface area contributed by atoms with Gasteiger partial charge in [-0.05, 0) is 24.1 Å². The molecule has 0 saturated heterocycles. The summed E-state index contributed by atoms with van der Waals surface area (Å²) in [4.78, 5) is 11.5. The van der Waals surface area contributed by atoms with Crippen LogP contribution in [0.25, 0.3) is 0 Å².